The van der Waals surface area contributed by atoms with Gasteiger partial charge in [-0.2, -0.15) is 0 Å². The molecule has 1 heterocycles. The summed E-state index contributed by atoms with van der Waals surface area (Å²) >= 11 is 0. The Bertz CT molecular complexity index is 229. The Kier molecular flexibility index (Phi) is 4.87. The molecule has 100 valence electrons. The van der Waals surface area contributed by atoms with Crippen LogP contribution in [0.25, 0.3) is 0 Å². The Hall–Kier alpha value is -0.0800. The average Bonchev–Trinajstić information content (AvgIpc) is 2.86. The maximum atomic E-state index is 10.7. The Labute approximate surface area is 106 Å². The molecular formula is C15H28O2. The van der Waals surface area contributed by atoms with Gasteiger partial charge in [0, 0.05) is 12.5 Å². The number of hydrogen-bond acceptors (Lipinski definition) is 2. The molecule has 0 aromatic carbocycles. The molecule has 1 aliphatic carbocycles. The van der Waals surface area contributed by atoms with Gasteiger partial charge in [-0.25, -0.2) is 0 Å². The summed E-state index contributed by atoms with van der Waals surface area (Å²) in [5.74, 6) is 1.68. The van der Waals surface area contributed by atoms with E-state index in [1.165, 1.54) is 32.1 Å². The van der Waals surface area contributed by atoms with Crippen LogP contribution in [-0.2, 0) is 4.74 Å². The van der Waals surface area contributed by atoms with Crippen molar-refractivity contribution < 1.29 is 9.84 Å². The van der Waals surface area contributed by atoms with E-state index in [0.717, 1.165) is 25.4 Å². The van der Waals surface area contributed by atoms with Gasteiger partial charge in [0.1, 0.15) is 0 Å². The molecule has 2 aliphatic rings. The quantitative estimate of drug-likeness (QED) is 0.816. The van der Waals surface area contributed by atoms with Crippen molar-refractivity contribution in [3.8, 4) is 0 Å². The van der Waals surface area contributed by atoms with Gasteiger partial charge in [0.15, 0.2) is 0 Å². The van der Waals surface area contributed by atoms with Crippen molar-refractivity contribution >= 4 is 0 Å². The van der Waals surface area contributed by atoms with Gasteiger partial charge in [0.05, 0.1) is 12.2 Å². The molecule has 5 unspecified atom stereocenters. The molecule has 2 heteroatoms. The summed E-state index contributed by atoms with van der Waals surface area (Å²) in [6.07, 6.45) is 8.75. The lowest BCUT2D eigenvalue weighted by Crippen LogP contribution is -2.39. The summed E-state index contributed by atoms with van der Waals surface area (Å²) in [4.78, 5) is 0. The second-order valence-corrected chi connectivity index (χ2v) is 5.88. The number of rotatable bonds is 4. The molecule has 1 N–H and O–H groups in total. The molecule has 0 radical (unpaired) electrons. The summed E-state index contributed by atoms with van der Waals surface area (Å²) in [6, 6.07) is 0. The maximum Gasteiger partial charge on any atom is 0.0626 e. The predicted molar refractivity (Wildman–Crippen MR) is 69.9 cm³/mol. The largest absolute Gasteiger partial charge is 0.392 e. The first kappa shape index (κ1) is 13.4. The smallest absolute Gasteiger partial charge is 0.0626 e. The van der Waals surface area contributed by atoms with Gasteiger partial charge in [-0.05, 0) is 31.1 Å². The molecule has 2 fully saturated rings. The summed E-state index contributed by atoms with van der Waals surface area (Å²) in [7, 11) is 0. The topological polar surface area (TPSA) is 29.5 Å². The van der Waals surface area contributed by atoms with Crippen LogP contribution in [0.4, 0.5) is 0 Å². The van der Waals surface area contributed by atoms with Crippen molar-refractivity contribution in [2.24, 2.45) is 17.8 Å². The Balaban J connectivity index is 1.99. The van der Waals surface area contributed by atoms with Crippen molar-refractivity contribution in [1.82, 2.24) is 0 Å². The van der Waals surface area contributed by atoms with Gasteiger partial charge >= 0.3 is 0 Å². The van der Waals surface area contributed by atoms with Gasteiger partial charge in [-0.15, -0.1) is 0 Å². The van der Waals surface area contributed by atoms with Crippen molar-refractivity contribution in [3.05, 3.63) is 0 Å². The van der Waals surface area contributed by atoms with Gasteiger partial charge in [-0.1, -0.05) is 39.5 Å². The number of aliphatic hydroxyl groups is 1. The Morgan fingerprint density at radius 2 is 1.82 bits per heavy atom. The van der Waals surface area contributed by atoms with Crippen LogP contribution in [0.15, 0.2) is 0 Å². The highest BCUT2D eigenvalue weighted by atomic mass is 16.5. The van der Waals surface area contributed by atoms with Gasteiger partial charge in [-0.3, -0.25) is 0 Å². The monoisotopic (exact) mass is 240 g/mol. The highest BCUT2D eigenvalue weighted by Gasteiger charge is 2.39. The van der Waals surface area contributed by atoms with Crippen LogP contribution in [0.2, 0.25) is 0 Å². The van der Waals surface area contributed by atoms with Crippen LogP contribution in [0, 0.1) is 17.8 Å². The molecule has 0 aromatic heterocycles. The van der Waals surface area contributed by atoms with E-state index in [1.807, 2.05) is 0 Å². The Morgan fingerprint density at radius 3 is 2.53 bits per heavy atom. The fourth-order valence-corrected chi connectivity index (χ4v) is 3.99. The van der Waals surface area contributed by atoms with Gasteiger partial charge in [0.25, 0.3) is 0 Å². The number of ether oxygens (including phenoxy) is 1. The summed E-state index contributed by atoms with van der Waals surface area (Å²) < 4.78 is 5.74. The molecule has 17 heavy (non-hydrogen) atoms. The highest BCUT2D eigenvalue weighted by Crippen LogP contribution is 2.40. The van der Waals surface area contributed by atoms with Crippen molar-refractivity contribution in [2.45, 2.75) is 71.0 Å². The molecule has 2 rings (SSSR count). The first-order valence-corrected chi connectivity index (χ1v) is 7.57. The lowest BCUT2D eigenvalue weighted by atomic mass is 9.71. The van der Waals surface area contributed by atoms with Crippen LogP contribution < -0.4 is 0 Å². The standard InChI is InChI=1S/C15H28O2/c1-3-11-7-5-6-8-12(11)15(16)13-9-10-17-14(13)4-2/h11-16H,3-10H2,1-2H3. The summed E-state index contributed by atoms with van der Waals surface area (Å²) in [5, 5.41) is 10.7. The first-order chi connectivity index (χ1) is 8.27. The maximum absolute atomic E-state index is 10.7. The van der Waals surface area contributed by atoms with Gasteiger partial charge < -0.3 is 9.84 Å². The summed E-state index contributed by atoms with van der Waals surface area (Å²) in [5.41, 5.74) is 0. The van der Waals surface area contributed by atoms with Crippen molar-refractivity contribution in [1.29, 1.82) is 0 Å². The van der Waals surface area contributed by atoms with E-state index in [9.17, 15) is 5.11 Å². The molecule has 1 saturated carbocycles. The third-order valence-corrected chi connectivity index (χ3v) is 5.03. The number of hydrogen-bond donors (Lipinski definition) is 1. The van der Waals surface area contributed by atoms with Crippen molar-refractivity contribution in [2.75, 3.05) is 6.61 Å². The van der Waals surface area contributed by atoms with Crippen LogP contribution in [0.3, 0.4) is 0 Å². The molecule has 0 amide bonds. The van der Waals surface area contributed by atoms with E-state index < -0.39 is 0 Å². The van der Waals surface area contributed by atoms with E-state index >= 15 is 0 Å². The van der Waals surface area contributed by atoms with Crippen LogP contribution >= 0.6 is 0 Å². The fraction of sp³-hybridized carbons (Fsp3) is 1.00. The molecule has 0 aromatic rings. The molecule has 1 saturated heterocycles. The molecule has 0 spiro atoms. The predicted octanol–water partition coefficient (Wildman–Crippen LogP) is 3.38. The van der Waals surface area contributed by atoms with E-state index in [1.54, 1.807) is 0 Å². The second kappa shape index (κ2) is 6.19. The zero-order valence-corrected chi connectivity index (χ0v) is 11.4. The minimum absolute atomic E-state index is 0.118. The Morgan fingerprint density at radius 1 is 1.06 bits per heavy atom. The van der Waals surface area contributed by atoms with E-state index in [-0.39, 0.29) is 6.10 Å². The van der Waals surface area contributed by atoms with E-state index in [4.69, 9.17) is 4.74 Å². The lowest BCUT2D eigenvalue weighted by Gasteiger charge is -2.38. The lowest BCUT2D eigenvalue weighted by molar-refractivity contribution is -0.0265. The zero-order chi connectivity index (χ0) is 12.3. The van der Waals surface area contributed by atoms with Crippen molar-refractivity contribution in [3.63, 3.8) is 0 Å². The third-order valence-electron chi connectivity index (χ3n) is 5.03. The molecule has 2 nitrogen and oxygen atoms in total. The van der Waals surface area contributed by atoms with E-state index in [0.29, 0.717) is 17.9 Å². The molecule has 0 bridgehead atoms. The summed E-state index contributed by atoms with van der Waals surface area (Å²) in [6.45, 7) is 5.30. The van der Waals surface area contributed by atoms with Crippen LogP contribution in [-0.4, -0.2) is 23.9 Å². The SMILES string of the molecule is CCC1CCCCC1C(O)C1CCOC1CC. The number of aliphatic hydroxyl groups excluding tert-OH is 1. The first-order valence-electron chi connectivity index (χ1n) is 7.57. The molecule has 1 aliphatic heterocycles. The minimum Gasteiger partial charge on any atom is -0.392 e. The molecule has 5 atom stereocenters. The average molecular weight is 240 g/mol. The normalized spacial score (nSPS) is 40.4. The fourth-order valence-electron chi connectivity index (χ4n) is 3.99. The minimum atomic E-state index is -0.118. The second-order valence-electron chi connectivity index (χ2n) is 5.88. The van der Waals surface area contributed by atoms with Crippen LogP contribution in [0.5, 0.6) is 0 Å². The van der Waals surface area contributed by atoms with Gasteiger partial charge in [0.2, 0.25) is 0 Å². The zero-order valence-electron chi connectivity index (χ0n) is 11.4. The van der Waals surface area contributed by atoms with Crippen LogP contribution in [0.1, 0.15) is 58.8 Å². The highest BCUT2D eigenvalue weighted by molar-refractivity contribution is 4.89. The molecular weight excluding hydrogens is 212 g/mol. The third kappa shape index (κ3) is 2.85. The van der Waals surface area contributed by atoms with E-state index in [2.05, 4.69) is 13.8 Å².